The summed E-state index contributed by atoms with van der Waals surface area (Å²) in [5, 5.41) is 0. The third-order valence-corrected chi connectivity index (χ3v) is 3.48. The van der Waals surface area contributed by atoms with Gasteiger partial charge in [0, 0.05) is 0 Å². The molecule has 0 unspecified atom stereocenters. The van der Waals surface area contributed by atoms with Crippen LogP contribution in [0.5, 0.6) is 0 Å². The minimum atomic E-state index is -0.309. The quantitative estimate of drug-likeness (QED) is 0.611. The maximum atomic E-state index is 13.0. The molecule has 2 aromatic rings. The second-order valence-corrected chi connectivity index (χ2v) is 4.93. The molecule has 110 valence electrons. The maximum Gasteiger partial charge on any atom is 0.123 e. The van der Waals surface area contributed by atoms with Crippen molar-refractivity contribution >= 4 is 11.1 Å². The zero-order valence-corrected chi connectivity index (χ0v) is 12.2. The van der Waals surface area contributed by atoms with Crippen molar-refractivity contribution in [2.75, 3.05) is 0 Å². The van der Waals surface area contributed by atoms with Gasteiger partial charge in [0.2, 0.25) is 0 Å². The van der Waals surface area contributed by atoms with Crippen molar-refractivity contribution in [3.8, 4) is 0 Å². The van der Waals surface area contributed by atoms with Gasteiger partial charge in [-0.1, -0.05) is 50.6 Å². The Labute approximate surface area is 129 Å². The first kappa shape index (κ1) is 15.6. The van der Waals surface area contributed by atoms with E-state index in [1.807, 2.05) is 0 Å². The summed E-state index contributed by atoms with van der Waals surface area (Å²) < 4.78 is 26.0. The van der Waals surface area contributed by atoms with Crippen molar-refractivity contribution in [1.82, 2.24) is 0 Å². The van der Waals surface area contributed by atoms with E-state index in [2.05, 4.69) is 26.3 Å². The van der Waals surface area contributed by atoms with Gasteiger partial charge in [0.05, 0.1) is 0 Å². The van der Waals surface area contributed by atoms with Crippen LogP contribution in [0.25, 0.3) is 11.1 Å². The number of allylic oxidation sites excluding steroid dienone is 4. The molecule has 0 spiro atoms. The van der Waals surface area contributed by atoms with Crippen LogP contribution in [0.3, 0.4) is 0 Å². The van der Waals surface area contributed by atoms with Crippen LogP contribution in [-0.2, 0) is 0 Å². The van der Waals surface area contributed by atoms with Crippen molar-refractivity contribution in [2.45, 2.75) is 0 Å². The van der Waals surface area contributed by atoms with Gasteiger partial charge in [-0.2, -0.15) is 0 Å². The summed E-state index contributed by atoms with van der Waals surface area (Å²) in [6, 6.07) is 12.0. The van der Waals surface area contributed by atoms with Gasteiger partial charge in [0.15, 0.2) is 0 Å². The Bertz CT molecular complexity index is 680. The molecular formula is C20H16F2. The van der Waals surface area contributed by atoms with Gasteiger partial charge in [0.1, 0.15) is 11.6 Å². The van der Waals surface area contributed by atoms with E-state index in [0.717, 1.165) is 11.1 Å². The van der Waals surface area contributed by atoms with Gasteiger partial charge in [0.25, 0.3) is 0 Å². The Morgan fingerprint density at radius 1 is 0.545 bits per heavy atom. The van der Waals surface area contributed by atoms with E-state index in [1.165, 1.54) is 24.3 Å². The van der Waals surface area contributed by atoms with E-state index in [-0.39, 0.29) is 11.6 Å². The molecular weight excluding hydrogens is 278 g/mol. The van der Waals surface area contributed by atoms with E-state index < -0.39 is 0 Å². The fraction of sp³-hybridized carbons (Fsp3) is 0. The van der Waals surface area contributed by atoms with Crippen molar-refractivity contribution < 1.29 is 8.78 Å². The highest BCUT2D eigenvalue weighted by Crippen LogP contribution is 2.32. The molecule has 2 aromatic carbocycles. The monoisotopic (exact) mass is 294 g/mol. The smallest absolute Gasteiger partial charge is 0.123 e. The summed E-state index contributed by atoms with van der Waals surface area (Å²) in [6.07, 6.45) is 0. The van der Waals surface area contributed by atoms with Gasteiger partial charge < -0.3 is 0 Å². The molecule has 2 heteroatoms. The first-order chi connectivity index (χ1) is 10.4. The number of hydrogen-bond donors (Lipinski definition) is 0. The Balaban J connectivity index is 2.19. The average Bonchev–Trinajstić information content (AvgIpc) is 2.53. The molecule has 0 N–H and O–H groups in total. The lowest BCUT2D eigenvalue weighted by molar-refractivity contribution is 0.627. The first-order valence-electron chi connectivity index (χ1n) is 6.68. The Kier molecular flexibility index (Phi) is 4.52. The zero-order chi connectivity index (χ0) is 16.3. The van der Waals surface area contributed by atoms with Crippen LogP contribution >= 0.6 is 0 Å². The lowest BCUT2D eigenvalue weighted by Crippen LogP contribution is -1.94. The molecule has 0 heterocycles. The maximum absolute atomic E-state index is 13.0. The molecule has 0 saturated carbocycles. The summed E-state index contributed by atoms with van der Waals surface area (Å²) in [6.45, 7) is 15.9. The van der Waals surface area contributed by atoms with Gasteiger partial charge in [-0.25, -0.2) is 8.78 Å². The number of rotatable bonds is 5. The molecule has 22 heavy (non-hydrogen) atoms. The highest BCUT2D eigenvalue weighted by atomic mass is 19.1. The minimum absolute atomic E-state index is 0.309. The van der Waals surface area contributed by atoms with Crippen molar-refractivity contribution in [3.63, 3.8) is 0 Å². The van der Waals surface area contributed by atoms with Crippen LogP contribution in [0.15, 0.2) is 86.0 Å². The SMILES string of the molecule is C=C(C(=C)C(=C)c1ccc(F)cc1)C(=C)c1ccc(F)cc1. The Hall–Kier alpha value is -2.74. The fourth-order valence-corrected chi connectivity index (χ4v) is 2.01. The Morgan fingerprint density at radius 2 is 0.818 bits per heavy atom. The third-order valence-electron chi connectivity index (χ3n) is 3.48. The van der Waals surface area contributed by atoms with E-state index in [9.17, 15) is 8.78 Å². The largest absolute Gasteiger partial charge is 0.207 e. The number of hydrogen-bond acceptors (Lipinski definition) is 0. The standard InChI is InChI=1S/C20H16F2/c1-13(15(3)17-5-9-19(21)10-6-17)14(2)16(4)18-7-11-20(22)12-8-18/h5-12H,1-4H2. The van der Waals surface area contributed by atoms with E-state index in [1.54, 1.807) is 24.3 Å². The fourth-order valence-electron chi connectivity index (χ4n) is 2.01. The van der Waals surface area contributed by atoms with Crippen LogP contribution in [0.1, 0.15) is 11.1 Å². The Morgan fingerprint density at radius 3 is 1.09 bits per heavy atom. The lowest BCUT2D eigenvalue weighted by Gasteiger charge is -2.15. The predicted octanol–water partition coefficient (Wildman–Crippen LogP) is 5.80. The van der Waals surface area contributed by atoms with Crippen LogP contribution in [0, 0.1) is 11.6 Å². The summed E-state index contributed by atoms with van der Waals surface area (Å²) in [5.41, 5.74) is 4.04. The first-order valence-corrected chi connectivity index (χ1v) is 6.68. The lowest BCUT2D eigenvalue weighted by atomic mass is 9.89. The summed E-state index contributed by atoms with van der Waals surface area (Å²) in [5.74, 6) is -0.617. The molecule has 0 aliphatic carbocycles. The second-order valence-electron chi connectivity index (χ2n) is 4.93. The van der Waals surface area contributed by atoms with Crippen LogP contribution in [-0.4, -0.2) is 0 Å². The molecule has 0 saturated heterocycles. The van der Waals surface area contributed by atoms with Gasteiger partial charge in [-0.05, 0) is 57.7 Å². The highest BCUT2D eigenvalue weighted by molar-refractivity contribution is 5.92. The van der Waals surface area contributed by atoms with Gasteiger partial charge in [-0.3, -0.25) is 0 Å². The molecule has 2 rings (SSSR count). The van der Waals surface area contributed by atoms with E-state index in [4.69, 9.17) is 0 Å². The topological polar surface area (TPSA) is 0 Å². The molecule has 0 amide bonds. The minimum Gasteiger partial charge on any atom is -0.207 e. The molecule has 0 aromatic heterocycles. The average molecular weight is 294 g/mol. The molecule has 0 radical (unpaired) electrons. The third kappa shape index (κ3) is 3.29. The van der Waals surface area contributed by atoms with Crippen molar-refractivity contribution in [3.05, 3.63) is 109 Å². The molecule has 0 fully saturated rings. The molecule has 0 atom stereocenters. The van der Waals surface area contributed by atoms with Crippen molar-refractivity contribution in [2.24, 2.45) is 0 Å². The second kappa shape index (κ2) is 6.35. The number of benzene rings is 2. The van der Waals surface area contributed by atoms with Crippen LogP contribution in [0.4, 0.5) is 8.78 Å². The van der Waals surface area contributed by atoms with Crippen LogP contribution < -0.4 is 0 Å². The van der Waals surface area contributed by atoms with E-state index in [0.29, 0.717) is 22.3 Å². The normalized spacial score (nSPS) is 10.1. The molecule has 0 bridgehead atoms. The van der Waals surface area contributed by atoms with Gasteiger partial charge in [-0.15, -0.1) is 0 Å². The van der Waals surface area contributed by atoms with Crippen LogP contribution in [0.2, 0.25) is 0 Å². The molecule has 0 aliphatic rings. The summed E-state index contributed by atoms with van der Waals surface area (Å²) in [7, 11) is 0. The van der Waals surface area contributed by atoms with Gasteiger partial charge >= 0.3 is 0 Å². The summed E-state index contributed by atoms with van der Waals surface area (Å²) in [4.78, 5) is 0. The predicted molar refractivity (Wildman–Crippen MR) is 89.1 cm³/mol. The zero-order valence-electron chi connectivity index (χ0n) is 12.2. The van der Waals surface area contributed by atoms with Crippen molar-refractivity contribution in [1.29, 1.82) is 0 Å². The van der Waals surface area contributed by atoms with E-state index >= 15 is 0 Å². The summed E-state index contributed by atoms with van der Waals surface area (Å²) >= 11 is 0. The molecule has 0 aliphatic heterocycles. The molecule has 0 nitrogen and oxygen atoms in total. The highest BCUT2D eigenvalue weighted by Gasteiger charge is 2.11. The number of halogens is 2.